The second-order valence-electron chi connectivity index (χ2n) is 6.50. The summed E-state index contributed by atoms with van der Waals surface area (Å²) in [5, 5.41) is 3.11. The molecule has 3 aromatic carbocycles. The molecule has 0 spiro atoms. The van der Waals surface area contributed by atoms with Crippen LogP contribution in [-0.2, 0) is 0 Å². The standard InChI is InChI=1S/C24H20N3O2/c1-29-21-14-12-20(13-15-21)25-22-16-17-27(24(28)26-22)23(18-8-4-2-5-9-18)19-10-6-3-7-11-19/h2-15,17,23H,1H3,(H,25,26,28). The Labute approximate surface area is 169 Å². The van der Waals surface area contributed by atoms with Gasteiger partial charge in [-0.05, 0) is 35.4 Å². The van der Waals surface area contributed by atoms with Crippen LogP contribution in [0.1, 0.15) is 17.2 Å². The van der Waals surface area contributed by atoms with E-state index in [9.17, 15) is 4.79 Å². The number of nitrogens with zero attached hydrogens (tertiary/aromatic N) is 2. The molecule has 0 amide bonds. The minimum absolute atomic E-state index is 0.274. The van der Waals surface area contributed by atoms with Gasteiger partial charge in [0.15, 0.2) is 0 Å². The Bertz CT molecular complexity index is 1080. The van der Waals surface area contributed by atoms with Crippen molar-refractivity contribution in [2.75, 3.05) is 12.4 Å². The van der Waals surface area contributed by atoms with Gasteiger partial charge >= 0.3 is 5.69 Å². The normalized spacial score (nSPS) is 10.7. The molecule has 4 rings (SSSR count). The van der Waals surface area contributed by atoms with Crippen LogP contribution in [0, 0.1) is 6.07 Å². The van der Waals surface area contributed by atoms with Gasteiger partial charge in [0.1, 0.15) is 11.6 Å². The van der Waals surface area contributed by atoms with Crippen molar-refractivity contribution in [1.82, 2.24) is 9.55 Å². The van der Waals surface area contributed by atoms with Crippen LogP contribution in [0.4, 0.5) is 11.5 Å². The third kappa shape index (κ3) is 4.19. The molecular weight excluding hydrogens is 362 g/mol. The summed E-state index contributed by atoms with van der Waals surface area (Å²) in [6.45, 7) is 0. The SMILES string of the molecule is COc1ccc(Nc2[c]cn(C(c3ccccc3)c3ccccc3)c(=O)n2)cc1. The summed E-state index contributed by atoms with van der Waals surface area (Å²) in [4.78, 5) is 17.1. The number of methoxy groups -OCH3 is 1. The lowest BCUT2D eigenvalue weighted by Gasteiger charge is -2.20. The van der Waals surface area contributed by atoms with Gasteiger partial charge in [-0.2, -0.15) is 4.98 Å². The molecule has 4 aromatic rings. The summed E-state index contributed by atoms with van der Waals surface area (Å²) in [7, 11) is 1.62. The molecule has 29 heavy (non-hydrogen) atoms. The van der Waals surface area contributed by atoms with Gasteiger partial charge in [-0.25, -0.2) is 4.79 Å². The Kier molecular flexibility index (Phi) is 5.38. The van der Waals surface area contributed by atoms with Crippen LogP contribution >= 0.6 is 0 Å². The van der Waals surface area contributed by atoms with E-state index in [0.717, 1.165) is 22.6 Å². The van der Waals surface area contributed by atoms with Crippen molar-refractivity contribution in [3.05, 3.63) is 119 Å². The van der Waals surface area contributed by atoms with E-state index in [0.29, 0.717) is 5.82 Å². The maximum Gasteiger partial charge on any atom is 0.350 e. The first-order valence-electron chi connectivity index (χ1n) is 9.26. The number of aromatic nitrogens is 2. The Morgan fingerprint density at radius 2 is 1.48 bits per heavy atom. The quantitative estimate of drug-likeness (QED) is 0.536. The molecule has 1 heterocycles. The van der Waals surface area contributed by atoms with E-state index in [4.69, 9.17) is 4.74 Å². The number of benzene rings is 3. The Morgan fingerprint density at radius 1 is 0.897 bits per heavy atom. The van der Waals surface area contributed by atoms with E-state index in [1.807, 2.05) is 84.9 Å². The van der Waals surface area contributed by atoms with E-state index in [2.05, 4.69) is 16.4 Å². The van der Waals surface area contributed by atoms with Crippen molar-refractivity contribution in [2.24, 2.45) is 0 Å². The summed E-state index contributed by atoms with van der Waals surface area (Å²) in [5.41, 5.74) is 2.46. The summed E-state index contributed by atoms with van der Waals surface area (Å²) in [6.07, 6.45) is 1.66. The third-order valence-electron chi connectivity index (χ3n) is 4.63. The predicted molar refractivity (Wildman–Crippen MR) is 114 cm³/mol. The van der Waals surface area contributed by atoms with Crippen LogP contribution in [-0.4, -0.2) is 16.7 Å². The van der Waals surface area contributed by atoms with Gasteiger partial charge in [-0.15, -0.1) is 0 Å². The van der Waals surface area contributed by atoms with Crippen LogP contribution < -0.4 is 15.7 Å². The zero-order valence-corrected chi connectivity index (χ0v) is 15.9. The highest BCUT2D eigenvalue weighted by Crippen LogP contribution is 2.25. The van der Waals surface area contributed by atoms with Crippen LogP contribution in [0.25, 0.3) is 0 Å². The summed E-state index contributed by atoms with van der Waals surface area (Å²) in [5.74, 6) is 1.13. The van der Waals surface area contributed by atoms with Gasteiger partial charge in [0, 0.05) is 18.0 Å². The molecule has 143 valence electrons. The lowest BCUT2D eigenvalue weighted by molar-refractivity contribution is 0.415. The van der Waals surface area contributed by atoms with E-state index >= 15 is 0 Å². The van der Waals surface area contributed by atoms with Crippen molar-refractivity contribution in [1.29, 1.82) is 0 Å². The fourth-order valence-corrected chi connectivity index (χ4v) is 3.22. The van der Waals surface area contributed by atoms with Crippen molar-refractivity contribution >= 4 is 11.5 Å². The highest BCUT2D eigenvalue weighted by atomic mass is 16.5. The average Bonchev–Trinajstić information content (AvgIpc) is 2.77. The van der Waals surface area contributed by atoms with Crippen molar-refractivity contribution in [3.8, 4) is 5.75 Å². The zero-order valence-electron chi connectivity index (χ0n) is 15.9. The summed E-state index contributed by atoms with van der Waals surface area (Å²) in [6, 6.07) is 30.0. The van der Waals surface area contributed by atoms with Gasteiger partial charge in [0.2, 0.25) is 0 Å². The molecule has 0 fully saturated rings. The zero-order chi connectivity index (χ0) is 20.1. The van der Waals surface area contributed by atoms with Crippen molar-refractivity contribution in [3.63, 3.8) is 0 Å². The number of hydrogen-bond acceptors (Lipinski definition) is 4. The second-order valence-corrected chi connectivity index (χ2v) is 6.50. The number of ether oxygens (including phenoxy) is 1. The van der Waals surface area contributed by atoms with E-state index in [-0.39, 0.29) is 11.7 Å². The van der Waals surface area contributed by atoms with E-state index in [1.165, 1.54) is 0 Å². The maximum absolute atomic E-state index is 12.9. The molecule has 0 aliphatic carbocycles. The van der Waals surface area contributed by atoms with Crippen LogP contribution in [0.5, 0.6) is 5.75 Å². The van der Waals surface area contributed by atoms with Crippen LogP contribution in [0.2, 0.25) is 0 Å². The van der Waals surface area contributed by atoms with E-state index in [1.54, 1.807) is 17.9 Å². The molecule has 0 saturated carbocycles. The lowest BCUT2D eigenvalue weighted by atomic mass is 9.98. The highest BCUT2D eigenvalue weighted by molar-refractivity contribution is 5.56. The monoisotopic (exact) mass is 382 g/mol. The summed E-state index contributed by atoms with van der Waals surface area (Å²) >= 11 is 0. The Balaban J connectivity index is 1.68. The number of anilines is 2. The molecule has 0 unspecified atom stereocenters. The molecule has 1 N–H and O–H groups in total. The van der Waals surface area contributed by atoms with E-state index < -0.39 is 0 Å². The molecule has 0 aliphatic rings. The van der Waals surface area contributed by atoms with Gasteiger partial charge in [-0.3, -0.25) is 4.57 Å². The first-order valence-corrected chi connectivity index (χ1v) is 9.26. The Hall–Kier alpha value is -3.86. The summed E-state index contributed by atoms with van der Waals surface area (Å²) < 4.78 is 6.76. The molecule has 0 aliphatic heterocycles. The average molecular weight is 382 g/mol. The lowest BCUT2D eigenvalue weighted by Crippen LogP contribution is -2.28. The second kappa shape index (κ2) is 8.44. The van der Waals surface area contributed by atoms with Crippen molar-refractivity contribution < 1.29 is 4.74 Å². The molecule has 1 aromatic heterocycles. The predicted octanol–water partition coefficient (Wildman–Crippen LogP) is 4.43. The topological polar surface area (TPSA) is 56.1 Å². The van der Waals surface area contributed by atoms with Gasteiger partial charge in [-0.1, -0.05) is 60.7 Å². The minimum atomic E-state index is -0.350. The molecule has 5 nitrogen and oxygen atoms in total. The fourth-order valence-electron chi connectivity index (χ4n) is 3.22. The third-order valence-corrected chi connectivity index (χ3v) is 4.63. The van der Waals surface area contributed by atoms with Gasteiger partial charge in [0.25, 0.3) is 0 Å². The largest absolute Gasteiger partial charge is 0.497 e. The van der Waals surface area contributed by atoms with Gasteiger partial charge in [0.05, 0.1) is 13.2 Å². The number of hydrogen-bond donors (Lipinski definition) is 1. The molecule has 5 heteroatoms. The minimum Gasteiger partial charge on any atom is -0.497 e. The van der Waals surface area contributed by atoms with Crippen LogP contribution in [0.3, 0.4) is 0 Å². The van der Waals surface area contributed by atoms with Crippen LogP contribution in [0.15, 0.2) is 95.9 Å². The fraction of sp³-hybridized carbons (Fsp3) is 0.0833. The number of nitrogens with one attached hydrogen (secondary N) is 1. The molecule has 0 saturated heterocycles. The highest BCUT2D eigenvalue weighted by Gasteiger charge is 2.18. The smallest absolute Gasteiger partial charge is 0.350 e. The molecule has 0 bridgehead atoms. The number of rotatable bonds is 6. The van der Waals surface area contributed by atoms with Crippen molar-refractivity contribution in [2.45, 2.75) is 6.04 Å². The molecule has 1 radical (unpaired) electrons. The molecule has 0 atom stereocenters. The first-order chi connectivity index (χ1) is 14.2. The molecular formula is C24H20N3O2. The van der Waals surface area contributed by atoms with Gasteiger partial charge < -0.3 is 10.1 Å². The Morgan fingerprint density at radius 3 is 2.00 bits per heavy atom. The maximum atomic E-state index is 12.9. The first kappa shape index (κ1) is 18.5.